The van der Waals surface area contributed by atoms with E-state index in [1.165, 1.54) is 0 Å². The van der Waals surface area contributed by atoms with Gasteiger partial charge in [-0.15, -0.1) is 0 Å². The summed E-state index contributed by atoms with van der Waals surface area (Å²) in [6.45, 7) is 12.7. The van der Waals surface area contributed by atoms with Crippen LogP contribution in [0.5, 0.6) is 0 Å². The van der Waals surface area contributed by atoms with Gasteiger partial charge in [-0.05, 0) is 67.6 Å². The Balaban J connectivity index is 2.10. The Kier molecular flexibility index (Phi) is 3.89. The van der Waals surface area contributed by atoms with Gasteiger partial charge in [0.25, 0.3) is 0 Å². The van der Waals surface area contributed by atoms with Gasteiger partial charge >= 0.3 is 0 Å². The van der Waals surface area contributed by atoms with E-state index in [4.69, 9.17) is 4.74 Å². The van der Waals surface area contributed by atoms with Gasteiger partial charge in [-0.25, -0.2) is 0 Å². The van der Waals surface area contributed by atoms with Crippen LogP contribution in [0, 0.1) is 23.2 Å². The standard InChI is InChI=1S/C20H30O3/c1-11(2)14-10-20(6)17(9-16(14)22)19(5)8-7-15(21)12(3)18(19)13(4)23-20/h9-13,15,18,21H,7-8H2,1-6H3/t12?,13-,15?,18?,19?,20?/m1/s1. The van der Waals surface area contributed by atoms with Gasteiger partial charge in [0.2, 0.25) is 0 Å². The lowest BCUT2D eigenvalue weighted by molar-refractivity contribution is -0.169. The molecule has 5 unspecified atom stereocenters. The van der Waals surface area contributed by atoms with Gasteiger partial charge in [0.05, 0.1) is 12.2 Å². The first-order chi connectivity index (χ1) is 10.6. The molecule has 0 aromatic rings. The second-order valence-electron chi connectivity index (χ2n) is 8.52. The summed E-state index contributed by atoms with van der Waals surface area (Å²) in [4.78, 5) is 12.6. The summed E-state index contributed by atoms with van der Waals surface area (Å²) >= 11 is 0. The molecule has 128 valence electrons. The Bertz CT molecular complexity index is 588. The molecule has 0 amide bonds. The molecule has 1 heterocycles. The number of carbonyl (C=O) groups excluding carboxylic acids is 1. The van der Waals surface area contributed by atoms with Crippen LogP contribution in [0.15, 0.2) is 23.3 Å². The van der Waals surface area contributed by atoms with Crippen molar-refractivity contribution >= 4 is 5.78 Å². The number of aliphatic hydroxyl groups is 1. The number of rotatable bonds is 1. The smallest absolute Gasteiger partial charge is 0.181 e. The minimum absolute atomic E-state index is 0.0602. The van der Waals surface area contributed by atoms with Crippen molar-refractivity contribution in [2.45, 2.75) is 72.2 Å². The highest BCUT2D eigenvalue weighted by Gasteiger charge is 2.58. The Morgan fingerprint density at radius 2 is 1.96 bits per heavy atom. The number of allylic oxidation sites excluding steroid dienone is 2. The molecule has 3 rings (SSSR count). The maximum absolute atomic E-state index is 12.6. The summed E-state index contributed by atoms with van der Waals surface area (Å²) in [6, 6.07) is 0. The molecule has 3 nitrogen and oxygen atoms in total. The van der Waals surface area contributed by atoms with E-state index >= 15 is 0 Å². The molecule has 2 aliphatic carbocycles. The largest absolute Gasteiger partial charge is 0.393 e. The molecule has 2 fully saturated rings. The Labute approximate surface area is 139 Å². The van der Waals surface area contributed by atoms with Crippen molar-refractivity contribution < 1.29 is 14.6 Å². The third-order valence-electron chi connectivity index (χ3n) is 6.57. The topological polar surface area (TPSA) is 46.5 Å². The highest BCUT2D eigenvalue weighted by atomic mass is 16.5. The second kappa shape index (κ2) is 5.29. The molecule has 0 aromatic heterocycles. The molecule has 0 spiro atoms. The number of fused-ring (bicyclic) bond motifs is 3. The first-order valence-corrected chi connectivity index (χ1v) is 8.96. The molecule has 23 heavy (non-hydrogen) atoms. The first-order valence-electron chi connectivity index (χ1n) is 8.96. The summed E-state index contributed by atoms with van der Waals surface area (Å²) in [6.07, 6.45) is 5.40. The van der Waals surface area contributed by atoms with Crippen molar-refractivity contribution in [3.8, 4) is 0 Å². The maximum atomic E-state index is 12.6. The molecule has 1 saturated carbocycles. The fourth-order valence-electron chi connectivity index (χ4n) is 5.50. The third-order valence-corrected chi connectivity index (χ3v) is 6.57. The summed E-state index contributed by atoms with van der Waals surface area (Å²) in [5.41, 5.74) is 1.38. The van der Waals surface area contributed by atoms with E-state index in [0.29, 0.717) is 0 Å². The minimum Gasteiger partial charge on any atom is -0.393 e. The third kappa shape index (κ3) is 2.35. The van der Waals surface area contributed by atoms with E-state index in [-0.39, 0.29) is 41.2 Å². The quantitative estimate of drug-likeness (QED) is 0.802. The van der Waals surface area contributed by atoms with Crippen LogP contribution in [-0.4, -0.2) is 28.7 Å². The fourth-order valence-corrected chi connectivity index (χ4v) is 5.50. The Hall–Kier alpha value is -0.930. The van der Waals surface area contributed by atoms with Crippen LogP contribution < -0.4 is 0 Å². The molecule has 0 aromatic carbocycles. The zero-order valence-corrected chi connectivity index (χ0v) is 15.2. The van der Waals surface area contributed by atoms with Crippen molar-refractivity contribution in [1.82, 2.24) is 0 Å². The molecule has 1 saturated heterocycles. The average Bonchev–Trinajstić information content (AvgIpc) is 2.44. The second-order valence-corrected chi connectivity index (χ2v) is 8.52. The van der Waals surface area contributed by atoms with E-state index in [9.17, 15) is 9.90 Å². The predicted octanol–water partition coefficient (Wildman–Crippen LogP) is 3.67. The van der Waals surface area contributed by atoms with Gasteiger partial charge < -0.3 is 9.84 Å². The molecule has 3 heteroatoms. The SMILES string of the molecule is CC(C)C1=CC2(C)O[C@H](C)C3C(C)C(O)CCC3(C)C2=CC1=O. The van der Waals surface area contributed by atoms with E-state index in [2.05, 4.69) is 47.6 Å². The maximum Gasteiger partial charge on any atom is 0.181 e. The van der Waals surface area contributed by atoms with Gasteiger partial charge in [0.1, 0.15) is 5.60 Å². The Morgan fingerprint density at radius 3 is 2.57 bits per heavy atom. The van der Waals surface area contributed by atoms with Crippen molar-refractivity contribution in [2.75, 3.05) is 0 Å². The minimum atomic E-state index is -0.500. The summed E-state index contributed by atoms with van der Waals surface area (Å²) in [7, 11) is 0. The van der Waals surface area contributed by atoms with E-state index in [1.807, 2.05) is 6.08 Å². The molecule has 1 N–H and O–H groups in total. The van der Waals surface area contributed by atoms with Gasteiger partial charge in [-0.2, -0.15) is 0 Å². The number of ether oxygens (including phenoxy) is 1. The summed E-state index contributed by atoms with van der Waals surface area (Å²) < 4.78 is 6.45. The number of carbonyl (C=O) groups is 1. The number of hydrogen-bond acceptors (Lipinski definition) is 3. The lowest BCUT2D eigenvalue weighted by Gasteiger charge is -2.59. The van der Waals surface area contributed by atoms with Crippen molar-refractivity contribution in [3.63, 3.8) is 0 Å². The zero-order chi connectivity index (χ0) is 17.2. The highest BCUT2D eigenvalue weighted by Crippen LogP contribution is 2.59. The van der Waals surface area contributed by atoms with Crippen molar-refractivity contribution in [2.24, 2.45) is 23.2 Å². The van der Waals surface area contributed by atoms with Crippen LogP contribution in [0.1, 0.15) is 54.4 Å². The Morgan fingerprint density at radius 1 is 1.30 bits per heavy atom. The predicted molar refractivity (Wildman–Crippen MR) is 91.0 cm³/mol. The zero-order valence-electron chi connectivity index (χ0n) is 15.2. The van der Waals surface area contributed by atoms with Gasteiger partial charge in [-0.1, -0.05) is 27.7 Å². The van der Waals surface area contributed by atoms with Crippen LogP contribution in [0.3, 0.4) is 0 Å². The van der Waals surface area contributed by atoms with Crippen LogP contribution in [-0.2, 0) is 9.53 Å². The number of aliphatic hydroxyl groups excluding tert-OH is 1. The van der Waals surface area contributed by atoms with E-state index in [0.717, 1.165) is 24.0 Å². The van der Waals surface area contributed by atoms with E-state index < -0.39 is 5.60 Å². The molecule has 0 bridgehead atoms. The van der Waals surface area contributed by atoms with Gasteiger partial charge in [0.15, 0.2) is 5.78 Å². The molecule has 6 atom stereocenters. The number of hydrogen-bond donors (Lipinski definition) is 1. The molecule has 0 radical (unpaired) electrons. The normalized spacial score (nSPS) is 46.9. The molecule has 3 aliphatic rings. The van der Waals surface area contributed by atoms with Crippen LogP contribution in [0.4, 0.5) is 0 Å². The van der Waals surface area contributed by atoms with E-state index in [1.54, 1.807) is 0 Å². The average molecular weight is 318 g/mol. The van der Waals surface area contributed by atoms with Gasteiger partial charge in [-0.3, -0.25) is 4.79 Å². The fraction of sp³-hybridized carbons (Fsp3) is 0.750. The van der Waals surface area contributed by atoms with Crippen LogP contribution in [0.2, 0.25) is 0 Å². The summed E-state index contributed by atoms with van der Waals surface area (Å²) in [5.74, 6) is 0.755. The van der Waals surface area contributed by atoms with Crippen molar-refractivity contribution in [1.29, 1.82) is 0 Å². The monoisotopic (exact) mass is 318 g/mol. The lowest BCUT2D eigenvalue weighted by Crippen LogP contribution is -2.59. The molecule has 1 aliphatic heterocycles. The van der Waals surface area contributed by atoms with Crippen LogP contribution in [0.25, 0.3) is 0 Å². The summed E-state index contributed by atoms with van der Waals surface area (Å²) in [5, 5.41) is 10.3. The lowest BCUT2D eigenvalue weighted by atomic mass is 9.52. The van der Waals surface area contributed by atoms with Gasteiger partial charge in [0, 0.05) is 5.57 Å². The number of ketones is 1. The molecular formula is C20H30O3. The van der Waals surface area contributed by atoms with Crippen molar-refractivity contribution in [3.05, 3.63) is 23.3 Å². The highest BCUT2D eigenvalue weighted by molar-refractivity contribution is 6.06. The first kappa shape index (κ1) is 16.9. The molecular weight excluding hydrogens is 288 g/mol. The van der Waals surface area contributed by atoms with Crippen LogP contribution >= 0.6 is 0 Å².